The van der Waals surface area contributed by atoms with E-state index in [4.69, 9.17) is 5.11 Å². The topological polar surface area (TPSA) is 66.4 Å². The van der Waals surface area contributed by atoms with Gasteiger partial charge in [-0.3, -0.25) is 4.79 Å². The molecule has 90 valence electrons. The van der Waals surface area contributed by atoms with E-state index in [0.29, 0.717) is 12.1 Å². The average Bonchev–Trinajstić information content (AvgIpc) is 2.28. The summed E-state index contributed by atoms with van der Waals surface area (Å²) >= 11 is 0. The molecule has 0 fully saturated rings. The summed E-state index contributed by atoms with van der Waals surface area (Å²) in [6.45, 7) is 2.12. The first kappa shape index (κ1) is 12.9. The zero-order valence-corrected chi connectivity index (χ0v) is 9.24. The smallest absolute Gasteiger partial charge is 0.328 e. The predicted molar refractivity (Wildman–Crippen MR) is 61.1 cm³/mol. The minimum Gasteiger partial charge on any atom is -0.478 e. The molecule has 1 aromatic carbocycles. The minimum atomic E-state index is -1.10. The Bertz CT molecular complexity index is 469. The third-order valence-corrected chi connectivity index (χ3v) is 1.99. The van der Waals surface area contributed by atoms with Crippen LogP contribution in [0.1, 0.15) is 22.8 Å². The molecule has 17 heavy (non-hydrogen) atoms. The van der Waals surface area contributed by atoms with E-state index in [1.807, 2.05) is 0 Å². The maximum absolute atomic E-state index is 13.3. The van der Waals surface area contributed by atoms with E-state index in [1.54, 1.807) is 6.92 Å². The van der Waals surface area contributed by atoms with Crippen LogP contribution in [0.5, 0.6) is 0 Å². The van der Waals surface area contributed by atoms with Gasteiger partial charge in [0, 0.05) is 12.6 Å². The Kier molecular flexibility index (Phi) is 4.39. The molecule has 0 aromatic heterocycles. The van der Waals surface area contributed by atoms with Gasteiger partial charge in [0.05, 0.1) is 5.56 Å². The van der Waals surface area contributed by atoms with Crippen LogP contribution in [0.15, 0.2) is 24.3 Å². The van der Waals surface area contributed by atoms with Gasteiger partial charge in [-0.2, -0.15) is 0 Å². The van der Waals surface area contributed by atoms with Crippen molar-refractivity contribution in [1.29, 1.82) is 0 Å². The first-order valence-electron chi connectivity index (χ1n) is 5.03. The lowest BCUT2D eigenvalue weighted by atomic mass is 10.1. The third-order valence-electron chi connectivity index (χ3n) is 1.99. The molecule has 0 aliphatic heterocycles. The monoisotopic (exact) mass is 237 g/mol. The number of carbonyl (C=O) groups is 2. The van der Waals surface area contributed by atoms with Crippen LogP contribution in [0.4, 0.5) is 4.39 Å². The predicted octanol–water partition coefficient (Wildman–Crippen LogP) is 1.67. The van der Waals surface area contributed by atoms with Crippen molar-refractivity contribution in [2.75, 3.05) is 6.54 Å². The second-order valence-corrected chi connectivity index (χ2v) is 3.27. The lowest BCUT2D eigenvalue weighted by Gasteiger charge is -2.04. The second-order valence-electron chi connectivity index (χ2n) is 3.27. The molecule has 0 bridgehead atoms. The van der Waals surface area contributed by atoms with Crippen molar-refractivity contribution < 1.29 is 19.1 Å². The van der Waals surface area contributed by atoms with E-state index in [9.17, 15) is 14.0 Å². The van der Waals surface area contributed by atoms with E-state index in [0.717, 1.165) is 12.1 Å². The van der Waals surface area contributed by atoms with Gasteiger partial charge in [-0.15, -0.1) is 0 Å². The summed E-state index contributed by atoms with van der Waals surface area (Å²) in [4.78, 5) is 21.8. The Balaban J connectivity index is 3.02. The van der Waals surface area contributed by atoms with E-state index in [1.165, 1.54) is 18.2 Å². The second kappa shape index (κ2) is 5.79. The largest absolute Gasteiger partial charge is 0.478 e. The molecule has 1 rings (SSSR count). The van der Waals surface area contributed by atoms with Crippen molar-refractivity contribution in [3.8, 4) is 0 Å². The van der Waals surface area contributed by atoms with Gasteiger partial charge in [0.1, 0.15) is 5.82 Å². The summed E-state index contributed by atoms with van der Waals surface area (Å²) in [6.07, 6.45) is 2.22. The molecular formula is C12H12FNO3. The maximum Gasteiger partial charge on any atom is 0.328 e. The van der Waals surface area contributed by atoms with Gasteiger partial charge in [-0.1, -0.05) is 6.07 Å². The molecule has 5 heteroatoms. The highest BCUT2D eigenvalue weighted by molar-refractivity contribution is 5.95. The van der Waals surface area contributed by atoms with Crippen LogP contribution in [0.2, 0.25) is 0 Å². The fourth-order valence-electron chi connectivity index (χ4n) is 1.24. The SMILES string of the molecule is CCNC(=O)c1cc(C=CC(=O)O)ccc1F. The molecule has 4 nitrogen and oxygen atoms in total. The van der Waals surface area contributed by atoms with Gasteiger partial charge < -0.3 is 10.4 Å². The molecular weight excluding hydrogens is 225 g/mol. The van der Waals surface area contributed by atoms with Gasteiger partial charge in [-0.05, 0) is 30.7 Å². The molecule has 0 saturated carbocycles. The summed E-state index contributed by atoms with van der Waals surface area (Å²) in [6, 6.07) is 3.84. The summed E-state index contributed by atoms with van der Waals surface area (Å²) in [5.41, 5.74) is 0.356. The zero-order valence-electron chi connectivity index (χ0n) is 9.24. The number of nitrogens with one attached hydrogen (secondary N) is 1. The van der Waals surface area contributed by atoms with Crippen molar-refractivity contribution in [1.82, 2.24) is 5.32 Å². The lowest BCUT2D eigenvalue weighted by Crippen LogP contribution is -2.23. The molecule has 0 unspecified atom stereocenters. The van der Waals surface area contributed by atoms with Crippen LogP contribution in [0, 0.1) is 5.82 Å². The van der Waals surface area contributed by atoms with Gasteiger partial charge in [0.25, 0.3) is 5.91 Å². The van der Waals surface area contributed by atoms with Crippen molar-refractivity contribution in [3.63, 3.8) is 0 Å². The number of rotatable bonds is 4. The number of aliphatic carboxylic acids is 1. The number of carboxylic acid groups (broad SMARTS) is 1. The number of halogens is 1. The normalized spacial score (nSPS) is 10.5. The standard InChI is InChI=1S/C12H12FNO3/c1-2-14-12(17)9-7-8(3-5-10(9)13)4-6-11(15)16/h3-7H,2H2,1H3,(H,14,17)(H,15,16). The highest BCUT2D eigenvalue weighted by Crippen LogP contribution is 2.12. The molecule has 0 saturated heterocycles. The fraction of sp³-hybridized carbons (Fsp3) is 0.167. The molecule has 0 heterocycles. The molecule has 0 aliphatic carbocycles. The Morgan fingerprint density at radius 1 is 1.47 bits per heavy atom. The van der Waals surface area contributed by atoms with Crippen LogP contribution in [0.25, 0.3) is 6.08 Å². The van der Waals surface area contributed by atoms with Crippen molar-refractivity contribution in [3.05, 3.63) is 41.2 Å². The van der Waals surface area contributed by atoms with Crippen LogP contribution >= 0.6 is 0 Å². The molecule has 1 aromatic rings. The molecule has 0 radical (unpaired) electrons. The van der Waals surface area contributed by atoms with Gasteiger partial charge in [0.2, 0.25) is 0 Å². The van der Waals surface area contributed by atoms with Gasteiger partial charge in [-0.25, -0.2) is 9.18 Å². The van der Waals surface area contributed by atoms with Gasteiger partial charge >= 0.3 is 5.97 Å². The third kappa shape index (κ3) is 3.71. The summed E-state index contributed by atoms with van der Waals surface area (Å²) in [5.74, 6) is -2.26. The Morgan fingerprint density at radius 3 is 2.76 bits per heavy atom. The Morgan fingerprint density at radius 2 is 2.18 bits per heavy atom. The minimum absolute atomic E-state index is 0.0978. The summed E-state index contributed by atoms with van der Waals surface area (Å²) in [7, 11) is 0. The van der Waals surface area contributed by atoms with Crippen molar-refractivity contribution in [2.45, 2.75) is 6.92 Å². The highest BCUT2D eigenvalue weighted by atomic mass is 19.1. The van der Waals surface area contributed by atoms with E-state index >= 15 is 0 Å². The van der Waals surface area contributed by atoms with Crippen molar-refractivity contribution in [2.24, 2.45) is 0 Å². The quantitative estimate of drug-likeness (QED) is 0.783. The van der Waals surface area contributed by atoms with E-state index in [2.05, 4.69) is 5.32 Å². The highest BCUT2D eigenvalue weighted by Gasteiger charge is 2.10. The van der Waals surface area contributed by atoms with Crippen LogP contribution in [-0.4, -0.2) is 23.5 Å². The lowest BCUT2D eigenvalue weighted by molar-refractivity contribution is -0.131. The Hall–Kier alpha value is -2.17. The summed E-state index contributed by atoms with van der Waals surface area (Å²) in [5, 5.41) is 10.9. The van der Waals surface area contributed by atoms with Crippen molar-refractivity contribution >= 4 is 18.0 Å². The number of hydrogen-bond donors (Lipinski definition) is 2. The van der Waals surface area contributed by atoms with Crippen LogP contribution < -0.4 is 5.32 Å². The number of amides is 1. The molecule has 2 N–H and O–H groups in total. The maximum atomic E-state index is 13.3. The average molecular weight is 237 g/mol. The Labute approximate surface area is 97.8 Å². The molecule has 0 atom stereocenters. The number of benzene rings is 1. The first-order chi connectivity index (χ1) is 8.04. The number of carboxylic acids is 1. The number of hydrogen-bond acceptors (Lipinski definition) is 2. The number of carbonyl (C=O) groups excluding carboxylic acids is 1. The fourth-order valence-corrected chi connectivity index (χ4v) is 1.24. The zero-order chi connectivity index (χ0) is 12.8. The van der Waals surface area contributed by atoms with E-state index < -0.39 is 17.7 Å². The van der Waals surface area contributed by atoms with Crippen LogP contribution in [-0.2, 0) is 4.79 Å². The molecule has 1 amide bonds. The van der Waals surface area contributed by atoms with E-state index in [-0.39, 0.29) is 5.56 Å². The molecule has 0 aliphatic rings. The summed E-state index contributed by atoms with van der Waals surface area (Å²) < 4.78 is 13.3. The van der Waals surface area contributed by atoms with Gasteiger partial charge in [0.15, 0.2) is 0 Å². The first-order valence-corrected chi connectivity index (χ1v) is 5.03. The van der Waals surface area contributed by atoms with Crippen LogP contribution in [0.3, 0.4) is 0 Å². The molecule has 0 spiro atoms.